The van der Waals surface area contributed by atoms with Gasteiger partial charge >= 0.3 is 0 Å². The quantitative estimate of drug-likeness (QED) is 0.789. The highest BCUT2D eigenvalue weighted by atomic mass is 16.1. The summed E-state index contributed by atoms with van der Waals surface area (Å²) < 4.78 is 0. The number of anilines is 1. The highest BCUT2D eigenvalue weighted by molar-refractivity contribution is 5.99. The summed E-state index contributed by atoms with van der Waals surface area (Å²) in [6, 6.07) is 20.3. The number of para-hydroxylation sites is 1. The van der Waals surface area contributed by atoms with Gasteiger partial charge in [-0.15, -0.1) is 0 Å². The molecular weight excluding hydrogens is 332 g/mol. The van der Waals surface area contributed by atoms with Crippen LogP contribution in [0.5, 0.6) is 0 Å². The Morgan fingerprint density at radius 2 is 1.70 bits per heavy atom. The van der Waals surface area contributed by atoms with Crippen molar-refractivity contribution in [3.8, 4) is 6.07 Å². The van der Waals surface area contributed by atoms with Gasteiger partial charge in [0.2, 0.25) is 5.91 Å². The molecule has 0 aliphatic heterocycles. The molecule has 2 aromatic rings. The normalized spacial score (nSPS) is 17.9. The van der Waals surface area contributed by atoms with Crippen molar-refractivity contribution in [3.63, 3.8) is 0 Å². The van der Waals surface area contributed by atoms with Crippen LogP contribution in [0.15, 0.2) is 60.2 Å². The molecule has 136 valence electrons. The molecule has 0 saturated heterocycles. The first-order valence-corrected chi connectivity index (χ1v) is 9.79. The molecule has 0 bridgehead atoms. The van der Waals surface area contributed by atoms with Crippen LogP contribution in [0.1, 0.15) is 49.7 Å². The molecule has 3 heteroatoms. The van der Waals surface area contributed by atoms with Crippen LogP contribution >= 0.6 is 0 Å². The second-order valence-corrected chi connectivity index (χ2v) is 7.73. The molecule has 0 heterocycles. The van der Waals surface area contributed by atoms with E-state index in [-0.39, 0.29) is 17.7 Å². The van der Waals surface area contributed by atoms with E-state index in [1.807, 2.05) is 36.4 Å². The van der Waals surface area contributed by atoms with Crippen molar-refractivity contribution in [3.05, 3.63) is 71.3 Å². The average molecular weight is 356 g/mol. The smallest absolute Gasteiger partial charge is 0.228 e. The Labute approximate surface area is 160 Å². The number of nitrogens with one attached hydrogen (secondary N) is 1. The van der Waals surface area contributed by atoms with Crippen LogP contribution in [0.4, 0.5) is 5.69 Å². The Balaban J connectivity index is 1.71. The molecule has 0 radical (unpaired) electrons. The Hall–Kier alpha value is -2.86. The number of carbonyl (C=O) groups is 1. The number of hydrogen-bond acceptors (Lipinski definition) is 2. The van der Waals surface area contributed by atoms with Gasteiger partial charge in [0, 0.05) is 16.7 Å². The summed E-state index contributed by atoms with van der Waals surface area (Å²) in [5, 5.41) is 13.0. The minimum atomic E-state index is -0.0796. The fourth-order valence-corrected chi connectivity index (χ4v) is 4.79. The van der Waals surface area contributed by atoms with Crippen molar-refractivity contribution in [1.82, 2.24) is 0 Å². The maximum atomic E-state index is 12.8. The van der Waals surface area contributed by atoms with Crippen LogP contribution in [0.25, 0.3) is 5.57 Å². The van der Waals surface area contributed by atoms with Gasteiger partial charge in [0.15, 0.2) is 0 Å². The molecule has 3 nitrogen and oxygen atoms in total. The van der Waals surface area contributed by atoms with Crippen LogP contribution in [-0.2, 0) is 11.2 Å². The van der Waals surface area contributed by atoms with Crippen LogP contribution < -0.4 is 5.32 Å². The Morgan fingerprint density at radius 1 is 1.00 bits per heavy atom. The van der Waals surface area contributed by atoms with Crippen molar-refractivity contribution < 1.29 is 4.79 Å². The van der Waals surface area contributed by atoms with Gasteiger partial charge in [0.1, 0.15) is 0 Å². The third kappa shape index (κ3) is 3.40. The molecule has 1 spiro atoms. The molecule has 1 saturated carbocycles. The minimum Gasteiger partial charge on any atom is -0.326 e. The van der Waals surface area contributed by atoms with E-state index >= 15 is 0 Å². The monoisotopic (exact) mass is 356 g/mol. The largest absolute Gasteiger partial charge is 0.326 e. The maximum Gasteiger partial charge on any atom is 0.228 e. The van der Waals surface area contributed by atoms with Crippen LogP contribution in [-0.4, -0.2) is 5.91 Å². The number of benzene rings is 2. The number of rotatable bonds is 3. The highest BCUT2D eigenvalue weighted by Gasteiger charge is 2.41. The lowest BCUT2D eigenvalue weighted by atomic mass is 9.61. The minimum absolute atomic E-state index is 0.0633. The number of allylic oxidation sites excluding steroid dienone is 1. The predicted octanol–water partition coefficient (Wildman–Crippen LogP) is 5.50. The second-order valence-electron chi connectivity index (χ2n) is 7.73. The summed E-state index contributed by atoms with van der Waals surface area (Å²) in [5.41, 5.74) is 4.84. The van der Waals surface area contributed by atoms with Crippen molar-refractivity contribution >= 4 is 17.2 Å². The lowest BCUT2D eigenvalue weighted by Crippen LogP contribution is -2.33. The first-order chi connectivity index (χ1) is 13.2. The average Bonchev–Trinajstić information content (AvgIpc) is 2.69. The second kappa shape index (κ2) is 7.40. The zero-order valence-corrected chi connectivity index (χ0v) is 15.5. The van der Waals surface area contributed by atoms with Gasteiger partial charge in [0.05, 0.1) is 12.5 Å². The van der Waals surface area contributed by atoms with Crippen molar-refractivity contribution in [1.29, 1.82) is 5.26 Å². The fraction of sp³-hybridized carbons (Fsp3) is 0.333. The Morgan fingerprint density at radius 3 is 2.44 bits per heavy atom. The standard InChI is InChI=1S/C24H24N2O/c25-17-22-21(15-23(27)26-19-10-3-1-4-11-19)20-12-6-5-9-18(20)16-24(22)13-7-2-8-14-24/h1,3-6,9-12H,2,7-8,13-16H2,(H,26,27). The van der Waals surface area contributed by atoms with Crippen LogP contribution in [0, 0.1) is 16.7 Å². The first kappa shape index (κ1) is 17.5. The number of fused-ring (bicyclic) bond motifs is 1. The van der Waals surface area contributed by atoms with Gasteiger partial charge in [-0.3, -0.25) is 4.79 Å². The predicted molar refractivity (Wildman–Crippen MR) is 108 cm³/mol. The van der Waals surface area contributed by atoms with Crippen molar-refractivity contribution in [2.45, 2.75) is 44.9 Å². The molecule has 2 aliphatic carbocycles. The van der Waals surface area contributed by atoms with E-state index in [1.165, 1.54) is 12.0 Å². The van der Waals surface area contributed by atoms with E-state index in [2.05, 4.69) is 29.6 Å². The summed E-state index contributed by atoms with van der Waals surface area (Å²) in [6.45, 7) is 0. The molecule has 0 atom stereocenters. The van der Waals surface area contributed by atoms with Gasteiger partial charge in [-0.05, 0) is 48.1 Å². The zero-order chi connectivity index (χ0) is 18.7. The number of nitrogens with zero attached hydrogens (tertiary/aromatic N) is 1. The van der Waals surface area contributed by atoms with E-state index in [0.29, 0.717) is 0 Å². The molecule has 4 rings (SSSR count). The van der Waals surface area contributed by atoms with Gasteiger partial charge < -0.3 is 5.32 Å². The molecular formula is C24H24N2O. The van der Waals surface area contributed by atoms with E-state index in [4.69, 9.17) is 0 Å². The van der Waals surface area contributed by atoms with E-state index in [0.717, 1.165) is 54.5 Å². The summed E-state index contributed by atoms with van der Waals surface area (Å²) >= 11 is 0. The summed E-state index contributed by atoms with van der Waals surface area (Å²) in [7, 11) is 0. The highest BCUT2D eigenvalue weighted by Crippen LogP contribution is 2.51. The third-order valence-corrected chi connectivity index (χ3v) is 6.02. The molecule has 2 aromatic carbocycles. The van der Waals surface area contributed by atoms with Gasteiger partial charge in [-0.2, -0.15) is 5.26 Å². The molecule has 1 amide bonds. The van der Waals surface area contributed by atoms with Crippen molar-refractivity contribution in [2.75, 3.05) is 5.32 Å². The topological polar surface area (TPSA) is 52.9 Å². The summed E-state index contributed by atoms with van der Waals surface area (Å²) in [5.74, 6) is -0.0633. The van der Waals surface area contributed by atoms with Crippen molar-refractivity contribution in [2.24, 2.45) is 5.41 Å². The van der Waals surface area contributed by atoms with Gasteiger partial charge in [0.25, 0.3) is 0 Å². The SMILES string of the molecule is N#CC1=C(CC(=O)Nc2ccccc2)c2ccccc2CC12CCCCC2. The Bertz CT molecular complexity index is 915. The third-order valence-electron chi connectivity index (χ3n) is 6.02. The lowest BCUT2D eigenvalue weighted by Gasteiger charge is -2.42. The Kier molecular flexibility index (Phi) is 4.81. The van der Waals surface area contributed by atoms with Gasteiger partial charge in [-0.1, -0.05) is 61.7 Å². The number of amides is 1. The van der Waals surface area contributed by atoms with E-state index < -0.39 is 0 Å². The lowest BCUT2D eigenvalue weighted by molar-refractivity contribution is -0.115. The van der Waals surface area contributed by atoms with Gasteiger partial charge in [-0.25, -0.2) is 0 Å². The summed E-state index contributed by atoms with van der Waals surface area (Å²) in [4.78, 5) is 12.8. The summed E-state index contributed by atoms with van der Waals surface area (Å²) in [6.07, 6.45) is 6.84. The molecule has 1 fully saturated rings. The molecule has 27 heavy (non-hydrogen) atoms. The number of hydrogen-bond donors (Lipinski definition) is 1. The molecule has 1 N–H and O–H groups in total. The zero-order valence-electron chi connectivity index (χ0n) is 15.5. The van der Waals surface area contributed by atoms with E-state index in [1.54, 1.807) is 0 Å². The number of carbonyl (C=O) groups excluding carboxylic acids is 1. The first-order valence-electron chi connectivity index (χ1n) is 9.79. The van der Waals surface area contributed by atoms with Crippen LogP contribution in [0.2, 0.25) is 0 Å². The molecule has 0 aromatic heterocycles. The number of nitriles is 1. The maximum absolute atomic E-state index is 12.8. The van der Waals surface area contributed by atoms with E-state index in [9.17, 15) is 10.1 Å². The molecule has 2 aliphatic rings. The van der Waals surface area contributed by atoms with Crippen LogP contribution in [0.3, 0.4) is 0 Å². The fourth-order valence-electron chi connectivity index (χ4n) is 4.79. The molecule has 0 unspecified atom stereocenters.